The highest BCUT2D eigenvalue weighted by Crippen LogP contribution is 2.39. The number of ether oxygens (including phenoxy) is 2. The van der Waals surface area contributed by atoms with Gasteiger partial charge < -0.3 is 14.6 Å². The molecule has 0 saturated heterocycles. The number of hydrogen-bond donors (Lipinski definition) is 4. The van der Waals surface area contributed by atoms with Gasteiger partial charge in [0.05, 0.1) is 4.47 Å². The lowest BCUT2D eigenvalue weighted by Crippen LogP contribution is -2.30. The molecular weight excluding hydrogens is 572 g/mol. The Hall–Kier alpha value is -3.34. The first-order chi connectivity index (χ1) is 16.4. The summed E-state index contributed by atoms with van der Waals surface area (Å²) in [7, 11) is 0. The van der Waals surface area contributed by atoms with Crippen molar-refractivity contribution in [2.24, 2.45) is 0 Å². The maximum atomic E-state index is 12.8. The summed E-state index contributed by atoms with van der Waals surface area (Å²) < 4.78 is 12.7. The van der Waals surface area contributed by atoms with Crippen molar-refractivity contribution < 1.29 is 29.4 Å². The average molecular weight is 592 g/mol. The van der Waals surface area contributed by atoms with Gasteiger partial charge in [-0.25, -0.2) is 10.3 Å². The molecule has 2 amide bonds. The van der Waals surface area contributed by atoms with E-state index < -0.39 is 24.2 Å². The maximum Gasteiger partial charge on any atom is 0.412 e. The Kier molecular flexibility index (Phi) is 9.08. The summed E-state index contributed by atoms with van der Waals surface area (Å²) in [6.07, 6.45) is -0.752. The molecule has 0 aromatic heterocycles. The second kappa shape index (κ2) is 12.2. The van der Waals surface area contributed by atoms with Gasteiger partial charge in [-0.2, -0.15) is 0 Å². The minimum atomic E-state index is -1.21. The number of hydrogen-bond acceptors (Lipinski definition) is 6. The zero-order chi connectivity index (χ0) is 24.5. The highest BCUT2D eigenvalue weighted by molar-refractivity contribution is 9.11. The van der Waals surface area contributed by atoms with E-state index in [4.69, 9.17) is 14.7 Å². The summed E-state index contributed by atoms with van der Waals surface area (Å²) in [5.74, 6) is -0.566. The molecule has 0 aliphatic rings. The van der Waals surface area contributed by atoms with Crippen LogP contribution in [0, 0.1) is 0 Å². The van der Waals surface area contributed by atoms with Crippen LogP contribution in [0.5, 0.6) is 11.5 Å². The molecule has 0 aliphatic heterocycles. The van der Waals surface area contributed by atoms with Crippen LogP contribution in [0.25, 0.3) is 0 Å². The second-order valence-corrected chi connectivity index (χ2v) is 8.64. The highest BCUT2D eigenvalue weighted by atomic mass is 79.9. The summed E-state index contributed by atoms with van der Waals surface area (Å²) in [6.45, 7) is 0. The quantitative estimate of drug-likeness (QED) is 0.151. The number of hydroxylamine groups is 1. The minimum absolute atomic E-state index is 0.178. The topological polar surface area (TPSA) is 117 Å². The van der Waals surface area contributed by atoms with Crippen molar-refractivity contribution in [1.29, 1.82) is 0 Å². The number of carbonyl (C=O) groups excluding carboxylic acids is 2. The lowest BCUT2D eigenvalue weighted by Gasteiger charge is -2.27. The number of amides is 2. The molecule has 0 fully saturated rings. The van der Waals surface area contributed by atoms with E-state index in [0.29, 0.717) is 20.4 Å². The molecule has 0 aliphatic carbocycles. The molecule has 10 heteroatoms. The first-order valence-corrected chi connectivity index (χ1v) is 11.5. The highest BCUT2D eigenvalue weighted by Gasteiger charge is 2.31. The first-order valence-electron chi connectivity index (χ1n) is 9.92. The Labute approximate surface area is 212 Å². The number of benzene rings is 3. The smallest absolute Gasteiger partial charge is 0.412 e. The van der Waals surface area contributed by atoms with Crippen molar-refractivity contribution in [2.45, 2.75) is 12.2 Å². The number of aromatic hydroxyl groups is 1. The second-order valence-electron chi connectivity index (χ2n) is 6.87. The van der Waals surface area contributed by atoms with Crippen LogP contribution >= 0.6 is 31.9 Å². The van der Waals surface area contributed by atoms with Gasteiger partial charge in [0.15, 0.2) is 12.2 Å². The molecular formula is C24H20Br2N2O6. The van der Waals surface area contributed by atoms with E-state index in [1.807, 2.05) is 0 Å². The fraction of sp³-hybridized carbons (Fsp3) is 0.0833. The van der Waals surface area contributed by atoms with Crippen molar-refractivity contribution in [3.8, 4) is 11.5 Å². The van der Waals surface area contributed by atoms with Crippen molar-refractivity contribution in [2.75, 3.05) is 5.32 Å². The maximum absolute atomic E-state index is 12.8. The molecule has 0 heterocycles. The van der Waals surface area contributed by atoms with Gasteiger partial charge >= 0.3 is 6.09 Å². The lowest BCUT2D eigenvalue weighted by molar-refractivity contribution is -0.124. The lowest BCUT2D eigenvalue weighted by atomic mass is 10.0. The van der Waals surface area contributed by atoms with Crippen molar-refractivity contribution >= 4 is 49.5 Å². The zero-order valence-corrected chi connectivity index (χ0v) is 20.7. The van der Waals surface area contributed by atoms with E-state index in [9.17, 15) is 14.7 Å². The summed E-state index contributed by atoms with van der Waals surface area (Å²) in [4.78, 5) is 24.5. The fourth-order valence-electron chi connectivity index (χ4n) is 2.97. The SMILES string of the molecule is O=C(/C=C/[C@H](Oc1ccccc1)[C@@H](OC(=O)Nc1ccccc1)c1cc(Br)cc(Br)c1O)NO. The van der Waals surface area contributed by atoms with Crippen LogP contribution in [0.2, 0.25) is 0 Å². The van der Waals surface area contributed by atoms with Crippen LogP contribution in [-0.4, -0.2) is 28.4 Å². The molecule has 0 bridgehead atoms. The summed E-state index contributed by atoms with van der Waals surface area (Å²) >= 11 is 6.65. The Bertz CT molecular complexity index is 1160. The van der Waals surface area contributed by atoms with E-state index in [1.54, 1.807) is 72.8 Å². The van der Waals surface area contributed by atoms with Crippen molar-refractivity contribution in [1.82, 2.24) is 5.48 Å². The van der Waals surface area contributed by atoms with Crippen LogP contribution in [0.3, 0.4) is 0 Å². The molecule has 176 valence electrons. The molecule has 0 unspecified atom stereocenters. The van der Waals surface area contributed by atoms with Crippen molar-refractivity contribution in [3.05, 3.63) is 99.5 Å². The zero-order valence-electron chi connectivity index (χ0n) is 17.5. The number of anilines is 1. The average Bonchev–Trinajstić information content (AvgIpc) is 2.83. The van der Waals surface area contributed by atoms with Crippen LogP contribution in [0.4, 0.5) is 10.5 Å². The third-order valence-electron chi connectivity index (χ3n) is 4.48. The number of phenols is 1. The van der Waals surface area contributed by atoms with Gasteiger partial charge in [-0.15, -0.1) is 0 Å². The van der Waals surface area contributed by atoms with Crippen LogP contribution in [0.1, 0.15) is 11.7 Å². The van der Waals surface area contributed by atoms with Gasteiger partial charge in [0.25, 0.3) is 5.91 Å². The van der Waals surface area contributed by atoms with Gasteiger partial charge in [0.2, 0.25) is 0 Å². The van der Waals surface area contributed by atoms with E-state index in [1.165, 1.54) is 11.6 Å². The molecule has 0 spiro atoms. The Balaban J connectivity index is 2.02. The molecule has 4 N–H and O–H groups in total. The minimum Gasteiger partial charge on any atom is -0.506 e. The van der Waals surface area contributed by atoms with Crippen LogP contribution in [0.15, 0.2) is 93.9 Å². The first kappa shape index (κ1) is 25.3. The molecule has 0 radical (unpaired) electrons. The van der Waals surface area contributed by atoms with Crippen LogP contribution < -0.4 is 15.5 Å². The largest absolute Gasteiger partial charge is 0.506 e. The Morgan fingerprint density at radius 3 is 2.26 bits per heavy atom. The van der Waals surface area contributed by atoms with Crippen LogP contribution in [-0.2, 0) is 9.53 Å². The van der Waals surface area contributed by atoms with Gasteiger partial charge in [-0.3, -0.25) is 15.3 Å². The molecule has 8 nitrogen and oxygen atoms in total. The number of phenolic OH excluding ortho intramolecular Hbond substituents is 1. The van der Waals surface area contributed by atoms with Gasteiger partial charge in [0, 0.05) is 21.8 Å². The number of rotatable bonds is 8. The molecule has 2 atom stereocenters. The van der Waals surface area contributed by atoms with E-state index in [0.717, 1.165) is 6.08 Å². The third kappa shape index (κ3) is 7.08. The molecule has 34 heavy (non-hydrogen) atoms. The standard InChI is InChI=1S/C24H20Br2N2O6/c25-15-13-18(22(30)19(26)14-15)23(34-24(31)27-16-7-3-1-4-8-16)20(11-12-21(29)28-32)33-17-9-5-2-6-10-17/h1-14,20,23,30,32H,(H,27,31)(H,28,29)/b12-11+/t20-,23-/m0/s1. The third-order valence-corrected chi connectivity index (χ3v) is 5.54. The summed E-state index contributed by atoms with van der Waals surface area (Å²) in [5.41, 5.74) is 2.21. The van der Waals surface area contributed by atoms with Gasteiger partial charge in [-0.1, -0.05) is 52.3 Å². The Morgan fingerprint density at radius 2 is 1.62 bits per heavy atom. The van der Waals surface area contributed by atoms with Gasteiger partial charge in [-0.05, 0) is 58.4 Å². The molecule has 3 aromatic carbocycles. The monoisotopic (exact) mass is 590 g/mol. The molecule has 3 rings (SSSR count). The van der Waals surface area contributed by atoms with Crippen molar-refractivity contribution in [3.63, 3.8) is 0 Å². The van der Waals surface area contributed by atoms with Gasteiger partial charge in [0.1, 0.15) is 11.5 Å². The normalized spacial score (nSPS) is 12.6. The number of halogens is 2. The summed E-state index contributed by atoms with van der Waals surface area (Å²) in [6, 6.07) is 20.6. The van der Waals surface area contributed by atoms with E-state index >= 15 is 0 Å². The molecule has 0 saturated carbocycles. The predicted molar refractivity (Wildman–Crippen MR) is 133 cm³/mol. The van der Waals surface area contributed by atoms with E-state index in [2.05, 4.69) is 37.2 Å². The number of nitrogens with one attached hydrogen (secondary N) is 2. The summed E-state index contributed by atoms with van der Waals surface area (Å²) in [5, 5.41) is 22.3. The Morgan fingerprint density at radius 1 is 0.971 bits per heavy atom. The number of carbonyl (C=O) groups is 2. The number of para-hydroxylation sites is 2. The fourth-order valence-corrected chi connectivity index (χ4v) is 4.23. The van der Waals surface area contributed by atoms with E-state index in [-0.39, 0.29) is 11.3 Å². The molecule has 3 aromatic rings. The predicted octanol–water partition coefficient (Wildman–Crippen LogP) is 5.72.